The van der Waals surface area contributed by atoms with E-state index >= 15 is 0 Å². The maximum atomic E-state index is 13.5. The molecular formula is C26H24N2O3. The lowest BCUT2D eigenvalue weighted by atomic mass is 10.0. The van der Waals surface area contributed by atoms with Gasteiger partial charge < -0.3 is 10.1 Å². The minimum absolute atomic E-state index is 0.266. The highest BCUT2D eigenvalue weighted by Crippen LogP contribution is 2.34. The lowest BCUT2D eigenvalue weighted by molar-refractivity contribution is -0.120. The molecule has 31 heavy (non-hydrogen) atoms. The summed E-state index contributed by atoms with van der Waals surface area (Å²) in [6, 6.07) is 24.1. The van der Waals surface area contributed by atoms with Gasteiger partial charge in [-0.3, -0.25) is 9.59 Å². The van der Waals surface area contributed by atoms with Gasteiger partial charge in [0.2, 0.25) is 0 Å². The Balaban J connectivity index is 1.76. The van der Waals surface area contributed by atoms with Crippen molar-refractivity contribution in [3.8, 4) is 5.75 Å². The van der Waals surface area contributed by atoms with Crippen molar-refractivity contribution in [3.05, 3.63) is 95.7 Å². The van der Waals surface area contributed by atoms with Gasteiger partial charge in [-0.1, -0.05) is 55.5 Å². The van der Waals surface area contributed by atoms with Gasteiger partial charge in [-0.15, -0.1) is 0 Å². The summed E-state index contributed by atoms with van der Waals surface area (Å²) in [6.07, 6.45) is 0.930. The normalized spacial score (nSPS) is 13.7. The van der Waals surface area contributed by atoms with E-state index in [0.717, 1.165) is 12.1 Å². The molecular weight excluding hydrogens is 388 g/mol. The minimum Gasteiger partial charge on any atom is -0.494 e. The molecule has 0 aromatic heterocycles. The summed E-state index contributed by atoms with van der Waals surface area (Å²) in [7, 11) is 0. The van der Waals surface area contributed by atoms with E-state index in [-0.39, 0.29) is 11.6 Å². The molecule has 0 saturated carbocycles. The lowest BCUT2D eigenvalue weighted by Gasteiger charge is -2.16. The second-order valence-electron chi connectivity index (χ2n) is 7.17. The van der Waals surface area contributed by atoms with Gasteiger partial charge >= 0.3 is 0 Å². The van der Waals surface area contributed by atoms with Crippen molar-refractivity contribution in [2.24, 2.45) is 0 Å². The first kappa shape index (κ1) is 20.4. The number of ether oxygens (including phenoxy) is 1. The van der Waals surface area contributed by atoms with Crippen LogP contribution in [0.25, 0.3) is 5.57 Å². The van der Waals surface area contributed by atoms with E-state index in [1.165, 1.54) is 10.5 Å². The smallest absolute Gasteiger partial charge is 0.282 e. The van der Waals surface area contributed by atoms with Crippen molar-refractivity contribution in [2.45, 2.75) is 20.3 Å². The van der Waals surface area contributed by atoms with Crippen LogP contribution in [0.5, 0.6) is 5.75 Å². The highest BCUT2D eigenvalue weighted by atomic mass is 16.5. The van der Waals surface area contributed by atoms with Crippen LogP contribution >= 0.6 is 0 Å². The summed E-state index contributed by atoms with van der Waals surface area (Å²) in [4.78, 5) is 28.1. The molecule has 0 radical (unpaired) electrons. The van der Waals surface area contributed by atoms with E-state index in [2.05, 4.69) is 12.2 Å². The van der Waals surface area contributed by atoms with Gasteiger partial charge in [0.05, 0.1) is 17.9 Å². The van der Waals surface area contributed by atoms with Gasteiger partial charge in [-0.25, -0.2) is 4.90 Å². The second-order valence-corrected chi connectivity index (χ2v) is 7.17. The quantitative estimate of drug-likeness (QED) is 0.552. The zero-order chi connectivity index (χ0) is 21.8. The van der Waals surface area contributed by atoms with Gasteiger partial charge in [-0.2, -0.15) is 0 Å². The SMILES string of the molecule is CCOc1cccc(N2C(=O)C(Nc3ccc(CC)cc3)=C(c3ccccc3)C2=O)c1. The van der Waals surface area contributed by atoms with Crippen molar-refractivity contribution in [1.82, 2.24) is 0 Å². The molecule has 156 valence electrons. The molecule has 0 saturated heterocycles. The number of nitrogens with zero attached hydrogens (tertiary/aromatic N) is 1. The summed E-state index contributed by atoms with van der Waals surface area (Å²) in [5.74, 6) is -0.145. The maximum Gasteiger partial charge on any atom is 0.282 e. The van der Waals surface area contributed by atoms with E-state index in [1.54, 1.807) is 24.3 Å². The maximum absolute atomic E-state index is 13.5. The summed E-state index contributed by atoms with van der Waals surface area (Å²) >= 11 is 0. The average Bonchev–Trinajstić information content (AvgIpc) is 3.04. The van der Waals surface area contributed by atoms with Crippen LogP contribution in [0.2, 0.25) is 0 Å². The molecule has 0 atom stereocenters. The van der Waals surface area contributed by atoms with Gasteiger partial charge in [-0.05, 0) is 48.7 Å². The first-order valence-electron chi connectivity index (χ1n) is 10.4. The Hall–Kier alpha value is -3.86. The number of aryl methyl sites for hydroxylation is 1. The number of hydrogen-bond donors (Lipinski definition) is 1. The van der Waals surface area contributed by atoms with E-state index in [9.17, 15) is 9.59 Å². The Kier molecular flexibility index (Phi) is 5.85. The first-order chi connectivity index (χ1) is 15.1. The fourth-order valence-electron chi connectivity index (χ4n) is 3.60. The topological polar surface area (TPSA) is 58.6 Å². The minimum atomic E-state index is -0.392. The van der Waals surface area contributed by atoms with E-state index in [0.29, 0.717) is 29.2 Å². The number of amides is 2. The van der Waals surface area contributed by atoms with Crippen LogP contribution in [0.4, 0.5) is 11.4 Å². The van der Waals surface area contributed by atoms with Crippen LogP contribution in [0, 0.1) is 0 Å². The fourth-order valence-corrected chi connectivity index (χ4v) is 3.60. The third-order valence-corrected chi connectivity index (χ3v) is 5.16. The van der Waals surface area contributed by atoms with Crippen molar-refractivity contribution >= 4 is 28.8 Å². The molecule has 5 nitrogen and oxygen atoms in total. The third kappa shape index (κ3) is 4.08. The summed E-state index contributed by atoms with van der Waals surface area (Å²) in [6.45, 7) is 4.48. The molecule has 1 N–H and O–H groups in total. The predicted octanol–water partition coefficient (Wildman–Crippen LogP) is 5.04. The van der Waals surface area contributed by atoms with Crippen LogP contribution in [0.3, 0.4) is 0 Å². The molecule has 1 aliphatic rings. The second kappa shape index (κ2) is 8.88. The van der Waals surface area contributed by atoms with E-state index in [4.69, 9.17) is 4.74 Å². The first-order valence-corrected chi connectivity index (χ1v) is 10.4. The van der Waals surface area contributed by atoms with Gasteiger partial charge in [0, 0.05) is 11.8 Å². The Morgan fingerprint density at radius 2 is 1.58 bits per heavy atom. The van der Waals surface area contributed by atoms with Crippen molar-refractivity contribution < 1.29 is 14.3 Å². The summed E-state index contributed by atoms with van der Waals surface area (Å²) in [5.41, 5.74) is 3.75. The van der Waals surface area contributed by atoms with Crippen molar-refractivity contribution in [1.29, 1.82) is 0 Å². The fraction of sp³-hybridized carbons (Fsp3) is 0.154. The molecule has 1 heterocycles. The summed E-state index contributed by atoms with van der Waals surface area (Å²) in [5, 5.41) is 3.20. The molecule has 2 amide bonds. The number of carbonyl (C=O) groups is 2. The highest BCUT2D eigenvalue weighted by molar-refractivity contribution is 6.46. The van der Waals surface area contributed by atoms with Crippen LogP contribution in [-0.2, 0) is 16.0 Å². The predicted molar refractivity (Wildman–Crippen MR) is 123 cm³/mol. The number of nitrogens with one attached hydrogen (secondary N) is 1. The Morgan fingerprint density at radius 1 is 0.839 bits per heavy atom. The molecule has 1 aliphatic heterocycles. The van der Waals surface area contributed by atoms with E-state index < -0.39 is 5.91 Å². The van der Waals surface area contributed by atoms with Gasteiger partial charge in [0.1, 0.15) is 11.4 Å². The average molecular weight is 412 g/mol. The molecule has 0 fully saturated rings. The molecule has 3 aromatic carbocycles. The van der Waals surface area contributed by atoms with Crippen molar-refractivity contribution in [2.75, 3.05) is 16.8 Å². The number of benzene rings is 3. The zero-order valence-electron chi connectivity index (χ0n) is 17.6. The van der Waals surface area contributed by atoms with Crippen LogP contribution < -0.4 is 15.0 Å². The molecule has 0 spiro atoms. The molecule has 3 aromatic rings. The lowest BCUT2D eigenvalue weighted by Crippen LogP contribution is -2.32. The number of rotatable bonds is 7. The third-order valence-electron chi connectivity index (χ3n) is 5.16. The molecule has 4 rings (SSSR count). The highest BCUT2D eigenvalue weighted by Gasteiger charge is 2.40. The summed E-state index contributed by atoms with van der Waals surface area (Å²) < 4.78 is 5.55. The number of carbonyl (C=O) groups excluding carboxylic acids is 2. The Bertz CT molecular complexity index is 1130. The van der Waals surface area contributed by atoms with Crippen molar-refractivity contribution in [3.63, 3.8) is 0 Å². The van der Waals surface area contributed by atoms with Crippen LogP contribution in [0.15, 0.2) is 84.6 Å². The molecule has 0 bridgehead atoms. The largest absolute Gasteiger partial charge is 0.494 e. The number of imide groups is 1. The van der Waals surface area contributed by atoms with Crippen LogP contribution in [0.1, 0.15) is 25.0 Å². The molecule has 5 heteroatoms. The monoisotopic (exact) mass is 412 g/mol. The number of anilines is 2. The van der Waals surface area contributed by atoms with Gasteiger partial charge in [0.15, 0.2) is 0 Å². The Labute approximate surface area is 182 Å². The number of hydrogen-bond acceptors (Lipinski definition) is 4. The zero-order valence-corrected chi connectivity index (χ0v) is 17.6. The van der Waals surface area contributed by atoms with E-state index in [1.807, 2.05) is 61.5 Å². The van der Waals surface area contributed by atoms with Gasteiger partial charge in [0.25, 0.3) is 11.8 Å². The Morgan fingerprint density at radius 3 is 2.26 bits per heavy atom. The molecule has 0 unspecified atom stereocenters. The van der Waals surface area contributed by atoms with Crippen LogP contribution in [-0.4, -0.2) is 18.4 Å². The molecule has 0 aliphatic carbocycles. The standard InChI is InChI=1S/C26H24N2O3/c1-3-18-13-15-20(16-14-18)27-24-23(19-9-6-5-7-10-19)25(29)28(26(24)30)21-11-8-12-22(17-21)31-4-2/h5-17,27H,3-4H2,1-2H3.